The van der Waals surface area contributed by atoms with Crippen LogP contribution in [0.4, 0.5) is 5.69 Å². The highest BCUT2D eigenvalue weighted by atomic mass is 32.1. The molecule has 0 aliphatic carbocycles. The van der Waals surface area contributed by atoms with Gasteiger partial charge in [0.15, 0.2) is 0 Å². The maximum atomic E-state index is 13.1. The van der Waals surface area contributed by atoms with E-state index in [1.807, 2.05) is 11.8 Å². The number of carbonyl (C=O) groups excluding carboxylic acids is 3. The third-order valence-electron chi connectivity index (χ3n) is 5.81. The molecule has 1 fully saturated rings. The van der Waals surface area contributed by atoms with Crippen LogP contribution in [-0.4, -0.2) is 41.8 Å². The van der Waals surface area contributed by atoms with Crippen molar-refractivity contribution in [2.24, 2.45) is 0 Å². The Labute approximate surface area is 180 Å². The summed E-state index contributed by atoms with van der Waals surface area (Å²) in [4.78, 5) is 42.8. The SMILES string of the molecule is CCCC(NC(=O)c1ccc(N2CCCC2=O)cc1)C(=O)N1CCc2sccc2C1. The van der Waals surface area contributed by atoms with Gasteiger partial charge in [-0.2, -0.15) is 0 Å². The Kier molecular flexibility index (Phi) is 6.18. The van der Waals surface area contributed by atoms with Crippen molar-refractivity contribution in [1.29, 1.82) is 0 Å². The lowest BCUT2D eigenvalue weighted by molar-refractivity contribution is -0.134. The lowest BCUT2D eigenvalue weighted by Gasteiger charge is -2.31. The number of nitrogens with one attached hydrogen (secondary N) is 1. The Hall–Kier alpha value is -2.67. The average molecular weight is 426 g/mol. The third-order valence-corrected chi connectivity index (χ3v) is 6.84. The fraction of sp³-hybridized carbons (Fsp3) is 0.435. The number of hydrogen-bond acceptors (Lipinski definition) is 4. The number of hydrogen-bond donors (Lipinski definition) is 1. The van der Waals surface area contributed by atoms with Crippen LogP contribution < -0.4 is 10.2 Å². The van der Waals surface area contributed by atoms with E-state index < -0.39 is 6.04 Å². The maximum absolute atomic E-state index is 13.1. The van der Waals surface area contributed by atoms with Gasteiger partial charge in [0, 0.05) is 42.2 Å². The monoisotopic (exact) mass is 425 g/mol. The van der Waals surface area contributed by atoms with Gasteiger partial charge >= 0.3 is 0 Å². The zero-order valence-electron chi connectivity index (χ0n) is 17.2. The van der Waals surface area contributed by atoms with Crippen molar-refractivity contribution in [3.8, 4) is 0 Å². The van der Waals surface area contributed by atoms with E-state index in [-0.39, 0.29) is 17.7 Å². The molecule has 2 aliphatic rings. The van der Waals surface area contributed by atoms with Crippen LogP contribution in [-0.2, 0) is 22.6 Å². The van der Waals surface area contributed by atoms with Crippen molar-refractivity contribution in [3.05, 3.63) is 51.7 Å². The van der Waals surface area contributed by atoms with Crippen molar-refractivity contribution in [2.45, 2.75) is 51.6 Å². The molecule has 3 amide bonds. The van der Waals surface area contributed by atoms with Gasteiger partial charge in [-0.25, -0.2) is 0 Å². The molecule has 0 saturated carbocycles. The molecule has 1 saturated heterocycles. The van der Waals surface area contributed by atoms with E-state index in [0.29, 0.717) is 31.5 Å². The van der Waals surface area contributed by atoms with Gasteiger partial charge in [-0.05, 0) is 60.5 Å². The van der Waals surface area contributed by atoms with E-state index in [2.05, 4.69) is 16.8 Å². The van der Waals surface area contributed by atoms with Crippen LogP contribution >= 0.6 is 11.3 Å². The molecule has 0 bridgehead atoms. The fourth-order valence-electron chi connectivity index (χ4n) is 4.16. The van der Waals surface area contributed by atoms with Crippen LogP contribution in [0.3, 0.4) is 0 Å². The summed E-state index contributed by atoms with van der Waals surface area (Å²) in [6, 6.07) is 8.61. The molecule has 30 heavy (non-hydrogen) atoms. The minimum atomic E-state index is -0.525. The molecular weight excluding hydrogens is 398 g/mol. The summed E-state index contributed by atoms with van der Waals surface area (Å²) < 4.78 is 0. The zero-order chi connectivity index (χ0) is 21.1. The molecule has 1 aromatic carbocycles. The van der Waals surface area contributed by atoms with Crippen molar-refractivity contribution in [3.63, 3.8) is 0 Å². The van der Waals surface area contributed by atoms with E-state index in [9.17, 15) is 14.4 Å². The van der Waals surface area contributed by atoms with Gasteiger partial charge in [0.25, 0.3) is 5.91 Å². The highest BCUT2D eigenvalue weighted by Gasteiger charge is 2.29. The highest BCUT2D eigenvalue weighted by Crippen LogP contribution is 2.25. The van der Waals surface area contributed by atoms with E-state index in [4.69, 9.17) is 0 Å². The van der Waals surface area contributed by atoms with Crippen LogP contribution in [0.25, 0.3) is 0 Å². The standard InChI is InChI=1S/C23H27N3O3S/c1-2-4-19(23(29)25-13-10-20-17(15-25)11-14-30-20)24-22(28)16-6-8-18(9-7-16)26-12-3-5-21(26)27/h6-9,11,14,19H,2-5,10,12-13,15H2,1H3,(H,24,28). The molecule has 4 rings (SSSR count). The van der Waals surface area contributed by atoms with Gasteiger partial charge in [-0.3, -0.25) is 14.4 Å². The number of thiophene rings is 1. The van der Waals surface area contributed by atoms with Gasteiger partial charge in [-0.1, -0.05) is 13.3 Å². The number of benzene rings is 1. The molecule has 2 aliphatic heterocycles. The lowest BCUT2D eigenvalue weighted by Crippen LogP contribution is -2.49. The molecule has 1 unspecified atom stereocenters. The molecular formula is C23H27N3O3S. The summed E-state index contributed by atoms with van der Waals surface area (Å²) >= 11 is 1.74. The summed E-state index contributed by atoms with van der Waals surface area (Å²) in [5.74, 6) is -0.146. The Balaban J connectivity index is 1.42. The van der Waals surface area contributed by atoms with Crippen LogP contribution in [0.2, 0.25) is 0 Å². The van der Waals surface area contributed by atoms with Crippen molar-refractivity contribution in [1.82, 2.24) is 10.2 Å². The topological polar surface area (TPSA) is 69.7 Å². The van der Waals surface area contributed by atoms with Gasteiger partial charge in [0.2, 0.25) is 11.8 Å². The zero-order valence-corrected chi connectivity index (χ0v) is 18.0. The Bertz CT molecular complexity index is 937. The molecule has 6 nitrogen and oxygen atoms in total. The Morgan fingerprint density at radius 3 is 2.63 bits per heavy atom. The number of rotatable bonds is 6. The van der Waals surface area contributed by atoms with Gasteiger partial charge in [-0.15, -0.1) is 11.3 Å². The fourth-order valence-corrected chi connectivity index (χ4v) is 5.05. The number of nitrogens with zero attached hydrogens (tertiary/aromatic N) is 2. The second-order valence-electron chi connectivity index (χ2n) is 7.89. The Morgan fingerprint density at radius 2 is 1.93 bits per heavy atom. The first-order valence-corrected chi connectivity index (χ1v) is 11.5. The summed E-state index contributed by atoms with van der Waals surface area (Å²) in [5.41, 5.74) is 2.53. The minimum Gasteiger partial charge on any atom is -0.340 e. The molecule has 0 spiro atoms. The first-order valence-electron chi connectivity index (χ1n) is 10.6. The van der Waals surface area contributed by atoms with Crippen LogP contribution in [0.15, 0.2) is 35.7 Å². The summed E-state index contributed by atoms with van der Waals surface area (Å²) in [7, 11) is 0. The smallest absolute Gasteiger partial charge is 0.251 e. The molecule has 1 atom stereocenters. The quantitative estimate of drug-likeness (QED) is 0.772. The highest BCUT2D eigenvalue weighted by molar-refractivity contribution is 7.10. The third kappa shape index (κ3) is 4.26. The molecule has 0 radical (unpaired) electrons. The lowest BCUT2D eigenvalue weighted by atomic mass is 10.1. The number of fused-ring (bicyclic) bond motifs is 1. The summed E-state index contributed by atoms with van der Waals surface area (Å²) in [6.07, 6.45) is 3.74. The summed E-state index contributed by atoms with van der Waals surface area (Å²) in [5, 5.41) is 5.01. The van der Waals surface area contributed by atoms with E-state index in [0.717, 1.165) is 31.5 Å². The minimum absolute atomic E-state index is 0.0127. The summed E-state index contributed by atoms with van der Waals surface area (Å²) in [6.45, 7) is 4.05. The second-order valence-corrected chi connectivity index (χ2v) is 8.89. The predicted molar refractivity (Wildman–Crippen MR) is 118 cm³/mol. The number of carbonyl (C=O) groups is 3. The van der Waals surface area contributed by atoms with Crippen molar-refractivity contribution in [2.75, 3.05) is 18.0 Å². The molecule has 2 aromatic rings. The van der Waals surface area contributed by atoms with E-state index in [1.165, 1.54) is 10.4 Å². The molecule has 158 valence electrons. The van der Waals surface area contributed by atoms with Crippen LogP contribution in [0.5, 0.6) is 0 Å². The molecule has 1 aromatic heterocycles. The van der Waals surface area contributed by atoms with Crippen molar-refractivity contribution >= 4 is 34.7 Å². The molecule has 1 N–H and O–H groups in total. The average Bonchev–Trinajstić information content (AvgIpc) is 3.41. The molecule has 7 heteroatoms. The largest absolute Gasteiger partial charge is 0.340 e. The van der Waals surface area contributed by atoms with E-state index in [1.54, 1.807) is 40.5 Å². The first kappa shape index (κ1) is 20.6. The van der Waals surface area contributed by atoms with Gasteiger partial charge < -0.3 is 15.1 Å². The number of anilines is 1. The molecule has 3 heterocycles. The van der Waals surface area contributed by atoms with Crippen LogP contribution in [0, 0.1) is 0 Å². The van der Waals surface area contributed by atoms with Crippen molar-refractivity contribution < 1.29 is 14.4 Å². The predicted octanol–water partition coefficient (Wildman–Crippen LogP) is 3.36. The first-order chi connectivity index (χ1) is 14.6. The van der Waals surface area contributed by atoms with E-state index >= 15 is 0 Å². The Morgan fingerprint density at radius 1 is 1.13 bits per heavy atom. The van der Waals surface area contributed by atoms with Crippen LogP contribution in [0.1, 0.15) is 53.4 Å². The second kappa shape index (κ2) is 9.00. The maximum Gasteiger partial charge on any atom is 0.251 e. The number of amides is 3. The normalized spacial score (nSPS) is 17.0. The van der Waals surface area contributed by atoms with Gasteiger partial charge in [0.1, 0.15) is 6.04 Å². The van der Waals surface area contributed by atoms with Gasteiger partial charge in [0.05, 0.1) is 0 Å².